The zero-order valence-corrected chi connectivity index (χ0v) is 12.4. The summed E-state index contributed by atoms with van der Waals surface area (Å²) in [6.07, 6.45) is 1.22. The van der Waals surface area contributed by atoms with Crippen molar-refractivity contribution in [1.82, 2.24) is 5.32 Å². The molecule has 1 aromatic carbocycles. The molecule has 0 aliphatic heterocycles. The minimum Gasteiger partial charge on any atom is -0.481 e. The van der Waals surface area contributed by atoms with E-state index in [-0.39, 0.29) is 12.3 Å². The number of nitrogens with one attached hydrogen (secondary N) is 1. The highest BCUT2D eigenvalue weighted by Crippen LogP contribution is 2.17. The molecule has 0 aliphatic rings. The van der Waals surface area contributed by atoms with Crippen molar-refractivity contribution < 1.29 is 9.90 Å². The maximum Gasteiger partial charge on any atom is 0.303 e. The molecule has 1 atom stereocenters. The average molecular weight is 263 g/mol. The molecule has 1 unspecified atom stereocenters. The molecular formula is C16H25NO2. The summed E-state index contributed by atoms with van der Waals surface area (Å²) in [6, 6.07) is 4.37. The number of rotatable bonds is 7. The molecule has 3 heteroatoms. The van der Waals surface area contributed by atoms with Crippen LogP contribution in [-0.4, -0.2) is 24.2 Å². The molecular weight excluding hydrogens is 238 g/mol. The topological polar surface area (TPSA) is 49.3 Å². The van der Waals surface area contributed by atoms with Gasteiger partial charge in [-0.2, -0.15) is 0 Å². The number of carbonyl (C=O) groups is 1. The molecule has 0 bridgehead atoms. The van der Waals surface area contributed by atoms with Crippen LogP contribution < -0.4 is 5.32 Å². The zero-order chi connectivity index (χ0) is 14.4. The first-order chi connectivity index (χ1) is 8.91. The molecule has 3 nitrogen and oxygen atoms in total. The monoisotopic (exact) mass is 263 g/mol. The largest absolute Gasteiger partial charge is 0.481 e. The van der Waals surface area contributed by atoms with E-state index in [1.54, 1.807) is 0 Å². The highest BCUT2D eigenvalue weighted by molar-refractivity contribution is 5.66. The van der Waals surface area contributed by atoms with Crippen LogP contribution in [0, 0.1) is 26.7 Å². The standard InChI is InChI=1S/C16H25NO2/c1-11(9-16(18)19)10-17-8-7-15-6-5-12(2)13(3)14(15)4/h5-6,11,17H,7-10H2,1-4H3,(H,18,19). The van der Waals surface area contributed by atoms with Gasteiger partial charge in [0.25, 0.3) is 0 Å². The molecule has 1 rings (SSSR count). The van der Waals surface area contributed by atoms with Crippen LogP contribution >= 0.6 is 0 Å². The maximum atomic E-state index is 10.6. The molecule has 0 saturated heterocycles. The Labute approximate surface area is 116 Å². The van der Waals surface area contributed by atoms with E-state index in [4.69, 9.17) is 5.11 Å². The van der Waals surface area contributed by atoms with E-state index >= 15 is 0 Å². The van der Waals surface area contributed by atoms with Crippen molar-refractivity contribution in [3.05, 3.63) is 34.4 Å². The summed E-state index contributed by atoms with van der Waals surface area (Å²) in [5.41, 5.74) is 5.46. The van der Waals surface area contributed by atoms with Gasteiger partial charge < -0.3 is 10.4 Å². The fourth-order valence-corrected chi connectivity index (χ4v) is 2.22. The van der Waals surface area contributed by atoms with E-state index < -0.39 is 5.97 Å². The fourth-order valence-electron chi connectivity index (χ4n) is 2.22. The predicted molar refractivity (Wildman–Crippen MR) is 78.6 cm³/mol. The zero-order valence-electron chi connectivity index (χ0n) is 12.4. The molecule has 19 heavy (non-hydrogen) atoms. The first-order valence-corrected chi connectivity index (χ1v) is 6.90. The van der Waals surface area contributed by atoms with E-state index in [0.717, 1.165) is 19.5 Å². The van der Waals surface area contributed by atoms with Gasteiger partial charge in [-0.3, -0.25) is 4.79 Å². The Bertz CT molecular complexity index is 441. The Morgan fingerprint density at radius 2 is 1.95 bits per heavy atom. The number of benzene rings is 1. The summed E-state index contributed by atoms with van der Waals surface area (Å²) < 4.78 is 0. The number of aliphatic carboxylic acids is 1. The van der Waals surface area contributed by atoms with Gasteiger partial charge in [-0.05, 0) is 68.5 Å². The van der Waals surface area contributed by atoms with Crippen LogP contribution in [0.25, 0.3) is 0 Å². The predicted octanol–water partition coefficient (Wildman–Crippen LogP) is 2.85. The lowest BCUT2D eigenvalue weighted by Crippen LogP contribution is -2.25. The molecule has 0 radical (unpaired) electrons. The molecule has 0 aromatic heterocycles. The Morgan fingerprint density at radius 1 is 1.26 bits per heavy atom. The summed E-state index contributed by atoms with van der Waals surface area (Å²) in [6.45, 7) is 10.1. The Balaban J connectivity index is 2.38. The minimum absolute atomic E-state index is 0.179. The van der Waals surface area contributed by atoms with Crippen LogP contribution in [0.1, 0.15) is 35.6 Å². The summed E-state index contributed by atoms with van der Waals surface area (Å²) in [5.74, 6) is -0.544. The fraction of sp³-hybridized carbons (Fsp3) is 0.562. The van der Waals surface area contributed by atoms with Gasteiger partial charge in [-0.1, -0.05) is 19.1 Å². The van der Waals surface area contributed by atoms with Crippen LogP contribution in [-0.2, 0) is 11.2 Å². The third-order valence-electron chi connectivity index (χ3n) is 3.76. The van der Waals surface area contributed by atoms with E-state index in [1.165, 1.54) is 22.3 Å². The smallest absolute Gasteiger partial charge is 0.303 e. The molecule has 0 fully saturated rings. The Kier molecular flexibility index (Phi) is 6.03. The van der Waals surface area contributed by atoms with Gasteiger partial charge in [0.05, 0.1) is 0 Å². The quantitative estimate of drug-likeness (QED) is 0.744. The number of hydrogen-bond donors (Lipinski definition) is 2. The van der Waals surface area contributed by atoms with E-state index in [1.807, 2.05) is 6.92 Å². The first-order valence-electron chi connectivity index (χ1n) is 6.90. The van der Waals surface area contributed by atoms with Gasteiger partial charge >= 0.3 is 5.97 Å². The number of aryl methyl sites for hydroxylation is 1. The highest BCUT2D eigenvalue weighted by Gasteiger charge is 2.07. The highest BCUT2D eigenvalue weighted by atomic mass is 16.4. The summed E-state index contributed by atoms with van der Waals surface area (Å²) in [4.78, 5) is 10.6. The lowest BCUT2D eigenvalue weighted by atomic mass is 9.97. The van der Waals surface area contributed by atoms with Gasteiger partial charge in [0, 0.05) is 6.42 Å². The van der Waals surface area contributed by atoms with Crippen LogP contribution in [0.2, 0.25) is 0 Å². The lowest BCUT2D eigenvalue weighted by molar-refractivity contribution is -0.137. The summed E-state index contributed by atoms with van der Waals surface area (Å²) in [7, 11) is 0. The van der Waals surface area contributed by atoms with Gasteiger partial charge in [-0.15, -0.1) is 0 Å². The molecule has 0 aliphatic carbocycles. The molecule has 0 spiro atoms. The second-order valence-electron chi connectivity index (χ2n) is 5.45. The Morgan fingerprint density at radius 3 is 2.58 bits per heavy atom. The van der Waals surface area contributed by atoms with Crippen molar-refractivity contribution in [2.45, 2.75) is 40.5 Å². The van der Waals surface area contributed by atoms with Crippen LogP contribution in [0.5, 0.6) is 0 Å². The molecule has 2 N–H and O–H groups in total. The lowest BCUT2D eigenvalue weighted by Gasteiger charge is -2.13. The molecule has 0 saturated carbocycles. The van der Waals surface area contributed by atoms with Gasteiger partial charge in [0.15, 0.2) is 0 Å². The van der Waals surface area contributed by atoms with Gasteiger partial charge in [0.1, 0.15) is 0 Å². The van der Waals surface area contributed by atoms with E-state index in [2.05, 4.69) is 38.2 Å². The van der Waals surface area contributed by atoms with Gasteiger partial charge in [0.2, 0.25) is 0 Å². The van der Waals surface area contributed by atoms with E-state index in [9.17, 15) is 4.79 Å². The third-order valence-corrected chi connectivity index (χ3v) is 3.76. The Hall–Kier alpha value is -1.35. The molecule has 106 valence electrons. The number of carboxylic acid groups (broad SMARTS) is 1. The maximum absolute atomic E-state index is 10.6. The van der Waals surface area contributed by atoms with Crippen molar-refractivity contribution in [3.8, 4) is 0 Å². The van der Waals surface area contributed by atoms with Crippen molar-refractivity contribution in [3.63, 3.8) is 0 Å². The number of carboxylic acids is 1. The second-order valence-corrected chi connectivity index (χ2v) is 5.45. The SMILES string of the molecule is Cc1ccc(CCNCC(C)CC(=O)O)c(C)c1C. The van der Waals surface area contributed by atoms with Crippen LogP contribution in [0.3, 0.4) is 0 Å². The van der Waals surface area contributed by atoms with Crippen LogP contribution in [0.4, 0.5) is 0 Å². The second kappa shape index (κ2) is 7.29. The first kappa shape index (κ1) is 15.7. The summed E-state index contributed by atoms with van der Waals surface area (Å²) >= 11 is 0. The van der Waals surface area contributed by atoms with E-state index in [0.29, 0.717) is 0 Å². The van der Waals surface area contributed by atoms with Crippen molar-refractivity contribution >= 4 is 5.97 Å². The molecule has 1 aromatic rings. The summed E-state index contributed by atoms with van der Waals surface area (Å²) in [5, 5.41) is 12.0. The third kappa shape index (κ3) is 5.03. The molecule has 0 heterocycles. The van der Waals surface area contributed by atoms with Crippen LogP contribution in [0.15, 0.2) is 12.1 Å². The minimum atomic E-state index is -0.723. The molecule has 0 amide bonds. The van der Waals surface area contributed by atoms with Crippen molar-refractivity contribution in [2.75, 3.05) is 13.1 Å². The van der Waals surface area contributed by atoms with Crippen molar-refractivity contribution in [1.29, 1.82) is 0 Å². The van der Waals surface area contributed by atoms with Gasteiger partial charge in [-0.25, -0.2) is 0 Å². The number of hydrogen-bond acceptors (Lipinski definition) is 2. The van der Waals surface area contributed by atoms with Crippen molar-refractivity contribution in [2.24, 2.45) is 5.92 Å². The normalized spacial score (nSPS) is 12.4. The average Bonchev–Trinajstić information content (AvgIpc) is 2.33.